The third-order valence-electron chi connectivity index (χ3n) is 5.34. The number of benzene rings is 2. The molecule has 0 saturated carbocycles. The van der Waals surface area contributed by atoms with E-state index in [1.807, 2.05) is 60.7 Å². The second kappa shape index (κ2) is 11.7. The van der Waals surface area contributed by atoms with Crippen LogP contribution in [0.4, 0.5) is 0 Å². The first-order chi connectivity index (χ1) is 18.0. The lowest BCUT2D eigenvalue weighted by molar-refractivity contribution is -0.136. The molecule has 10 heteroatoms. The van der Waals surface area contributed by atoms with Gasteiger partial charge in [-0.3, -0.25) is 0 Å². The quantitative estimate of drug-likeness (QED) is 0.302. The normalized spacial score (nSPS) is 13.9. The highest BCUT2D eigenvalue weighted by Gasteiger charge is 2.34. The Balaban J connectivity index is 1.63. The summed E-state index contributed by atoms with van der Waals surface area (Å²) in [6.07, 6.45) is 2.81. The van der Waals surface area contributed by atoms with Crippen LogP contribution in [0, 0.1) is 0 Å². The van der Waals surface area contributed by atoms with Crippen molar-refractivity contribution in [2.24, 2.45) is 0 Å². The summed E-state index contributed by atoms with van der Waals surface area (Å²) in [5.74, 6) is -2.12. The topological polar surface area (TPSA) is 115 Å². The number of cyclic esters (lactones) is 1. The third kappa shape index (κ3) is 5.87. The molecule has 10 nitrogen and oxygen atoms in total. The zero-order valence-electron chi connectivity index (χ0n) is 20.2. The molecule has 2 aromatic carbocycles. The number of carbonyl (C=O) groups is 3. The Bertz CT molecular complexity index is 1340. The van der Waals surface area contributed by atoms with Crippen LogP contribution in [0.25, 0.3) is 0 Å². The number of imidazole rings is 1. The van der Waals surface area contributed by atoms with Crippen LogP contribution in [0.1, 0.15) is 32.1 Å². The molecule has 0 bridgehead atoms. The molecule has 4 rings (SSSR count). The predicted molar refractivity (Wildman–Crippen MR) is 129 cm³/mol. The van der Waals surface area contributed by atoms with E-state index in [-0.39, 0.29) is 48.4 Å². The predicted octanol–water partition coefficient (Wildman–Crippen LogP) is 3.54. The van der Waals surface area contributed by atoms with E-state index >= 15 is 0 Å². The van der Waals surface area contributed by atoms with Crippen molar-refractivity contribution in [1.29, 1.82) is 0 Å². The van der Waals surface area contributed by atoms with Crippen LogP contribution in [0.5, 0.6) is 0 Å². The lowest BCUT2D eigenvalue weighted by Gasteiger charge is -2.10. The van der Waals surface area contributed by atoms with E-state index in [2.05, 4.69) is 4.98 Å². The molecule has 2 heterocycles. The van der Waals surface area contributed by atoms with Gasteiger partial charge < -0.3 is 28.3 Å². The van der Waals surface area contributed by atoms with Gasteiger partial charge in [0.1, 0.15) is 13.2 Å². The molecule has 0 aliphatic carbocycles. The van der Waals surface area contributed by atoms with Gasteiger partial charge in [0.05, 0.1) is 20.5 Å². The fraction of sp³-hybridized carbons (Fsp3) is 0.185. The van der Waals surface area contributed by atoms with E-state index in [1.165, 1.54) is 31.2 Å². The molecule has 190 valence electrons. The minimum Gasteiger partial charge on any atom is -0.481 e. The smallest absolute Gasteiger partial charge is 0.383 e. The van der Waals surface area contributed by atoms with Gasteiger partial charge >= 0.3 is 17.9 Å². The zero-order chi connectivity index (χ0) is 26.2. The SMILES string of the molecule is COC(=O)c1ncn(C/C=C2\OC(=O)C(OCc3ccccc3)=C2OCc2ccccc2)c1C(=O)OC. The molecule has 0 amide bonds. The van der Waals surface area contributed by atoms with Crippen LogP contribution in [0.2, 0.25) is 0 Å². The third-order valence-corrected chi connectivity index (χ3v) is 5.34. The highest BCUT2D eigenvalue weighted by Crippen LogP contribution is 2.30. The summed E-state index contributed by atoms with van der Waals surface area (Å²) in [6, 6.07) is 18.8. The molecule has 0 radical (unpaired) electrons. The Hall–Kier alpha value is -4.86. The van der Waals surface area contributed by atoms with Gasteiger partial charge in [-0.15, -0.1) is 0 Å². The van der Waals surface area contributed by atoms with E-state index in [9.17, 15) is 14.4 Å². The molecular weight excluding hydrogens is 480 g/mol. The van der Waals surface area contributed by atoms with E-state index in [1.54, 1.807) is 0 Å². The Labute approximate surface area is 212 Å². The number of hydrogen-bond donors (Lipinski definition) is 0. The summed E-state index contributed by atoms with van der Waals surface area (Å²) in [5, 5.41) is 0. The molecule has 0 unspecified atom stereocenters. The maximum Gasteiger partial charge on any atom is 0.383 e. The van der Waals surface area contributed by atoms with Gasteiger partial charge in [-0.25, -0.2) is 19.4 Å². The number of ether oxygens (including phenoxy) is 5. The molecule has 1 aromatic heterocycles. The Kier molecular flexibility index (Phi) is 7.99. The number of carbonyl (C=O) groups excluding carboxylic acids is 3. The first-order valence-corrected chi connectivity index (χ1v) is 11.2. The van der Waals surface area contributed by atoms with E-state index in [0.29, 0.717) is 0 Å². The number of esters is 3. The summed E-state index contributed by atoms with van der Waals surface area (Å²) in [4.78, 5) is 41.1. The minimum atomic E-state index is -0.789. The Morgan fingerprint density at radius 3 is 2.00 bits per heavy atom. The highest BCUT2D eigenvalue weighted by molar-refractivity contribution is 6.00. The van der Waals surface area contributed by atoms with Gasteiger partial charge in [0, 0.05) is 6.54 Å². The van der Waals surface area contributed by atoms with Gasteiger partial charge in [-0.05, 0) is 17.2 Å². The minimum absolute atomic E-state index is 0.00119. The van der Waals surface area contributed by atoms with E-state index in [4.69, 9.17) is 23.7 Å². The summed E-state index contributed by atoms with van der Waals surface area (Å²) >= 11 is 0. The molecule has 1 aliphatic rings. The van der Waals surface area contributed by atoms with E-state index in [0.717, 1.165) is 11.1 Å². The van der Waals surface area contributed by atoms with Crippen molar-refractivity contribution in [2.45, 2.75) is 19.8 Å². The Morgan fingerprint density at radius 2 is 1.43 bits per heavy atom. The summed E-state index contributed by atoms with van der Waals surface area (Å²) in [5.41, 5.74) is 1.44. The molecule has 0 saturated heterocycles. The van der Waals surface area contributed by atoms with Gasteiger partial charge in [0.25, 0.3) is 5.76 Å². The molecule has 1 aliphatic heterocycles. The van der Waals surface area contributed by atoms with Gasteiger partial charge in [0.15, 0.2) is 17.1 Å². The first kappa shape index (κ1) is 25.2. The van der Waals surface area contributed by atoms with Crippen molar-refractivity contribution in [3.63, 3.8) is 0 Å². The van der Waals surface area contributed by atoms with Crippen LogP contribution in [0.15, 0.2) is 90.3 Å². The standard InChI is InChI=1S/C27H24N2O8/c1-33-25(30)21-22(26(31)34-2)29(17-28-21)14-13-20-23(35-15-18-9-5-3-6-10-18)24(27(32)37-20)36-16-19-11-7-4-8-12-19/h3-13,17H,14-16H2,1-2H3/b20-13-. The van der Waals surface area contributed by atoms with Crippen LogP contribution in [0.3, 0.4) is 0 Å². The number of hydrogen-bond acceptors (Lipinski definition) is 9. The number of rotatable bonds is 10. The van der Waals surface area contributed by atoms with Crippen LogP contribution >= 0.6 is 0 Å². The summed E-state index contributed by atoms with van der Waals surface area (Å²) < 4.78 is 28.1. The molecule has 3 aromatic rings. The number of aromatic nitrogens is 2. The average molecular weight is 504 g/mol. The first-order valence-electron chi connectivity index (χ1n) is 11.2. The molecule has 37 heavy (non-hydrogen) atoms. The maximum atomic E-state index is 12.7. The number of allylic oxidation sites excluding steroid dienone is 1. The lowest BCUT2D eigenvalue weighted by Crippen LogP contribution is -2.15. The van der Waals surface area contributed by atoms with Crippen molar-refractivity contribution in [2.75, 3.05) is 14.2 Å². The number of nitrogens with zero attached hydrogens (tertiary/aromatic N) is 2. The fourth-order valence-corrected chi connectivity index (χ4v) is 3.51. The second-order valence-corrected chi connectivity index (χ2v) is 7.74. The molecule has 0 atom stereocenters. The van der Waals surface area contributed by atoms with Crippen molar-refractivity contribution in [3.8, 4) is 0 Å². The largest absolute Gasteiger partial charge is 0.481 e. The van der Waals surface area contributed by atoms with Gasteiger partial charge in [-0.1, -0.05) is 60.7 Å². The summed E-state index contributed by atoms with van der Waals surface area (Å²) in [7, 11) is 2.37. The highest BCUT2D eigenvalue weighted by atomic mass is 16.6. The lowest BCUT2D eigenvalue weighted by atomic mass is 10.2. The fourth-order valence-electron chi connectivity index (χ4n) is 3.51. The van der Waals surface area contributed by atoms with Crippen LogP contribution in [-0.2, 0) is 48.2 Å². The number of methoxy groups -OCH3 is 2. The van der Waals surface area contributed by atoms with Crippen molar-refractivity contribution in [1.82, 2.24) is 9.55 Å². The van der Waals surface area contributed by atoms with Gasteiger partial charge in [-0.2, -0.15) is 0 Å². The Morgan fingerprint density at radius 1 is 0.865 bits per heavy atom. The average Bonchev–Trinajstić information content (AvgIpc) is 3.50. The zero-order valence-corrected chi connectivity index (χ0v) is 20.2. The molecular formula is C27H24N2O8. The van der Waals surface area contributed by atoms with Crippen LogP contribution in [-0.4, -0.2) is 41.7 Å². The summed E-state index contributed by atoms with van der Waals surface area (Å²) in [6.45, 7) is 0.293. The maximum absolute atomic E-state index is 12.7. The molecule has 0 spiro atoms. The molecule has 0 N–H and O–H groups in total. The van der Waals surface area contributed by atoms with Crippen molar-refractivity contribution >= 4 is 17.9 Å². The van der Waals surface area contributed by atoms with E-state index < -0.39 is 17.9 Å². The molecule has 0 fully saturated rings. The van der Waals surface area contributed by atoms with Gasteiger partial charge in [0.2, 0.25) is 5.76 Å². The monoisotopic (exact) mass is 504 g/mol. The van der Waals surface area contributed by atoms with Crippen molar-refractivity contribution in [3.05, 3.63) is 113 Å². The van der Waals surface area contributed by atoms with Crippen molar-refractivity contribution < 1.29 is 38.1 Å². The van der Waals surface area contributed by atoms with Crippen LogP contribution < -0.4 is 0 Å². The second-order valence-electron chi connectivity index (χ2n) is 7.74.